The average Bonchev–Trinajstić information content (AvgIpc) is 2.37. The first-order chi connectivity index (χ1) is 9.56. The van der Waals surface area contributed by atoms with Crippen LogP contribution < -0.4 is 10.6 Å². The third kappa shape index (κ3) is 12.7. The molecule has 0 saturated carbocycles. The zero-order valence-electron chi connectivity index (χ0n) is 11.3. The van der Waals surface area contributed by atoms with Crippen molar-refractivity contribution in [1.29, 1.82) is 0 Å². The van der Waals surface area contributed by atoms with E-state index in [1.165, 1.54) is 0 Å². The number of nitrogens with one attached hydrogen (secondary N) is 2. The lowest BCUT2D eigenvalue weighted by Gasteiger charge is -2.07. The van der Waals surface area contributed by atoms with Gasteiger partial charge < -0.3 is 24.6 Å². The Hall–Kier alpha value is -1.71. The predicted molar refractivity (Wildman–Crippen MR) is 67.3 cm³/mol. The van der Waals surface area contributed by atoms with Crippen LogP contribution in [0.5, 0.6) is 0 Å². The Labute approximate surface area is 116 Å². The molecule has 116 valence electrons. The minimum atomic E-state index is -1.18. The van der Waals surface area contributed by atoms with Gasteiger partial charge in [0.15, 0.2) is 0 Å². The van der Waals surface area contributed by atoms with Gasteiger partial charge in [-0.2, -0.15) is 0 Å². The molecule has 0 aromatic carbocycles. The fraction of sp³-hybridized carbons (Fsp3) is 0.727. The van der Waals surface area contributed by atoms with Gasteiger partial charge >= 0.3 is 12.0 Å². The van der Waals surface area contributed by atoms with Crippen LogP contribution in [0.15, 0.2) is 0 Å². The summed E-state index contributed by atoms with van der Waals surface area (Å²) in [5, 5.41) is 12.7. The molecule has 0 aromatic heterocycles. The van der Waals surface area contributed by atoms with Gasteiger partial charge in [-0.05, 0) is 6.42 Å². The molecule has 0 aliphatic rings. The van der Waals surface area contributed by atoms with Crippen molar-refractivity contribution in [2.24, 2.45) is 0 Å². The zero-order valence-corrected chi connectivity index (χ0v) is 11.3. The number of ether oxygens (including phenoxy) is 3. The number of urea groups is 1. The first-order valence-corrected chi connectivity index (χ1v) is 6.00. The van der Waals surface area contributed by atoms with Gasteiger partial charge in [-0.1, -0.05) is 0 Å². The van der Waals surface area contributed by atoms with Crippen molar-refractivity contribution in [3.05, 3.63) is 0 Å². The van der Waals surface area contributed by atoms with Gasteiger partial charge in [0.2, 0.25) is 0 Å². The maximum absolute atomic E-state index is 11.2. The summed E-state index contributed by atoms with van der Waals surface area (Å²) in [6.07, 6.45) is 0.598. The topological polar surface area (TPSA) is 123 Å². The summed E-state index contributed by atoms with van der Waals surface area (Å²) in [6, 6.07) is -0.661. The number of carbonyl (C=O) groups is 3. The van der Waals surface area contributed by atoms with Crippen LogP contribution in [-0.2, 0) is 23.8 Å². The number of carbonyl (C=O) groups excluding carboxylic acids is 2. The number of rotatable bonds is 11. The van der Waals surface area contributed by atoms with Crippen molar-refractivity contribution >= 4 is 17.9 Å². The SMILES string of the molecule is COCCOCCCNC(=O)NC(=O)COCC(=O)O. The highest BCUT2D eigenvalue weighted by Crippen LogP contribution is 1.82. The molecule has 0 rings (SSSR count). The third-order valence-corrected chi connectivity index (χ3v) is 1.89. The predicted octanol–water partition coefficient (Wildman–Crippen LogP) is -1.03. The standard InChI is InChI=1S/C11H20N2O7/c1-18-5-6-19-4-2-3-12-11(17)13-9(14)7-20-8-10(15)16/h2-8H2,1H3,(H,15,16)(H2,12,13,14,17). The van der Waals surface area contributed by atoms with Gasteiger partial charge in [-0.3, -0.25) is 10.1 Å². The number of hydrogen-bond acceptors (Lipinski definition) is 6. The van der Waals surface area contributed by atoms with Crippen LogP contribution in [-0.4, -0.2) is 69.7 Å². The summed E-state index contributed by atoms with van der Waals surface area (Å²) in [4.78, 5) is 32.4. The third-order valence-electron chi connectivity index (χ3n) is 1.89. The smallest absolute Gasteiger partial charge is 0.329 e. The van der Waals surface area contributed by atoms with Crippen LogP contribution in [0.1, 0.15) is 6.42 Å². The molecule has 0 radical (unpaired) electrons. The number of hydrogen-bond donors (Lipinski definition) is 3. The first kappa shape index (κ1) is 18.3. The van der Waals surface area contributed by atoms with Crippen molar-refractivity contribution in [2.75, 3.05) is 46.7 Å². The Kier molecular flexibility index (Phi) is 11.3. The van der Waals surface area contributed by atoms with E-state index in [1.54, 1.807) is 7.11 Å². The van der Waals surface area contributed by atoms with E-state index in [1.807, 2.05) is 5.32 Å². The molecule has 3 amide bonds. The van der Waals surface area contributed by atoms with Crippen LogP contribution in [0.2, 0.25) is 0 Å². The van der Waals surface area contributed by atoms with E-state index in [0.717, 1.165) is 0 Å². The number of aliphatic carboxylic acids is 1. The first-order valence-electron chi connectivity index (χ1n) is 6.00. The van der Waals surface area contributed by atoms with E-state index in [-0.39, 0.29) is 0 Å². The molecule has 0 atom stereocenters. The fourth-order valence-electron chi connectivity index (χ4n) is 1.06. The molecule has 0 aliphatic heterocycles. The van der Waals surface area contributed by atoms with E-state index in [2.05, 4.69) is 10.1 Å². The van der Waals surface area contributed by atoms with E-state index in [9.17, 15) is 14.4 Å². The quantitative estimate of drug-likeness (QED) is 0.416. The molecule has 9 heteroatoms. The summed E-state index contributed by atoms with van der Waals surface area (Å²) >= 11 is 0. The lowest BCUT2D eigenvalue weighted by atomic mass is 10.4. The van der Waals surface area contributed by atoms with Crippen molar-refractivity contribution < 1.29 is 33.7 Å². The fourth-order valence-corrected chi connectivity index (χ4v) is 1.06. The highest BCUT2D eigenvalue weighted by Gasteiger charge is 2.07. The van der Waals surface area contributed by atoms with E-state index < -0.39 is 31.1 Å². The lowest BCUT2D eigenvalue weighted by molar-refractivity contribution is -0.143. The second-order valence-electron chi connectivity index (χ2n) is 3.65. The minimum absolute atomic E-state index is 0.349. The van der Waals surface area contributed by atoms with Crippen LogP contribution in [0.4, 0.5) is 4.79 Å². The summed E-state index contributed by atoms with van der Waals surface area (Å²) in [5.41, 5.74) is 0. The minimum Gasteiger partial charge on any atom is -0.480 e. The molecule has 0 fully saturated rings. The monoisotopic (exact) mass is 292 g/mol. The molecule has 3 N–H and O–H groups in total. The van der Waals surface area contributed by atoms with Crippen molar-refractivity contribution in [3.63, 3.8) is 0 Å². The number of methoxy groups -OCH3 is 1. The summed E-state index contributed by atoms with van der Waals surface area (Å²) in [5.74, 6) is -1.89. The normalized spacial score (nSPS) is 10.1. The molecule has 0 aromatic rings. The van der Waals surface area contributed by atoms with Gasteiger partial charge in [0.25, 0.3) is 5.91 Å². The van der Waals surface area contributed by atoms with E-state index >= 15 is 0 Å². The van der Waals surface area contributed by atoms with E-state index in [0.29, 0.717) is 32.8 Å². The van der Waals surface area contributed by atoms with Crippen LogP contribution in [0, 0.1) is 0 Å². The molecule has 9 nitrogen and oxygen atoms in total. The number of amides is 3. The highest BCUT2D eigenvalue weighted by molar-refractivity contribution is 5.94. The molecule has 0 aliphatic carbocycles. The van der Waals surface area contributed by atoms with Crippen molar-refractivity contribution in [2.45, 2.75) is 6.42 Å². The summed E-state index contributed by atoms with van der Waals surface area (Å²) < 4.78 is 14.5. The molecule has 0 bridgehead atoms. The Morgan fingerprint density at radius 3 is 2.45 bits per heavy atom. The Morgan fingerprint density at radius 1 is 1.05 bits per heavy atom. The second kappa shape index (κ2) is 12.3. The number of carboxylic acid groups (broad SMARTS) is 1. The molecular weight excluding hydrogens is 272 g/mol. The van der Waals surface area contributed by atoms with Crippen LogP contribution in [0.3, 0.4) is 0 Å². The van der Waals surface area contributed by atoms with Crippen molar-refractivity contribution in [1.82, 2.24) is 10.6 Å². The number of imide groups is 1. The molecule has 0 heterocycles. The van der Waals surface area contributed by atoms with Gasteiger partial charge in [0.05, 0.1) is 13.2 Å². The number of carboxylic acids is 1. The molecule has 0 unspecified atom stereocenters. The summed E-state index contributed by atoms with van der Waals surface area (Å²) in [6.45, 7) is 0.746. The molecule has 20 heavy (non-hydrogen) atoms. The van der Waals surface area contributed by atoms with Gasteiger partial charge in [0.1, 0.15) is 13.2 Å². The second-order valence-corrected chi connectivity index (χ2v) is 3.65. The van der Waals surface area contributed by atoms with Crippen molar-refractivity contribution in [3.8, 4) is 0 Å². The van der Waals surface area contributed by atoms with Crippen LogP contribution >= 0.6 is 0 Å². The molecule has 0 spiro atoms. The Bertz CT molecular complexity index is 309. The molecule has 0 saturated heterocycles. The van der Waals surface area contributed by atoms with Gasteiger partial charge in [0, 0.05) is 20.3 Å². The summed E-state index contributed by atoms with van der Waals surface area (Å²) in [7, 11) is 1.58. The maximum Gasteiger partial charge on any atom is 0.329 e. The highest BCUT2D eigenvalue weighted by atomic mass is 16.5. The average molecular weight is 292 g/mol. The van der Waals surface area contributed by atoms with Crippen LogP contribution in [0.25, 0.3) is 0 Å². The van der Waals surface area contributed by atoms with Gasteiger partial charge in [-0.25, -0.2) is 9.59 Å². The van der Waals surface area contributed by atoms with E-state index in [4.69, 9.17) is 14.6 Å². The Morgan fingerprint density at radius 2 is 1.80 bits per heavy atom. The lowest BCUT2D eigenvalue weighted by Crippen LogP contribution is -2.41. The zero-order chi connectivity index (χ0) is 15.2. The molecular formula is C11H20N2O7. The Balaban J connectivity index is 3.43. The largest absolute Gasteiger partial charge is 0.480 e. The maximum atomic E-state index is 11.2. The van der Waals surface area contributed by atoms with Gasteiger partial charge in [-0.15, -0.1) is 0 Å².